The van der Waals surface area contributed by atoms with Gasteiger partial charge in [0.05, 0.1) is 16.6 Å². The lowest BCUT2D eigenvalue weighted by molar-refractivity contribution is -0.525. The van der Waals surface area contributed by atoms with Crippen LogP contribution in [0, 0.1) is 0 Å². The first-order chi connectivity index (χ1) is 11.9. The van der Waals surface area contributed by atoms with Crippen LogP contribution in [-0.4, -0.2) is 52.1 Å². The molecule has 25 heavy (non-hydrogen) atoms. The number of carbonyl (C=O) groups is 2. The molecule has 2 heterocycles. The average molecular weight is 383 g/mol. The van der Waals surface area contributed by atoms with Crippen molar-refractivity contribution in [3.05, 3.63) is 33.8 Å². The summed E-state index contributed by atoms with van der Waals surface area (Å²) in [4.78, 5) is 27.1. The molecule has 1 atom stereocenters. The van der Waals surface area contributed by atoms with Gasteiger partial charge >= 0.3 is 5.97 Å². The Morgan fingerprint density at radius 3 is 2.88 bits per heavy atom. The van der Waals surface area contributed by atoms with Gasteiger partial charge in [-0.05, 0) is 17.7 Å². The van der Waals surface area contributed by atoms with Crippen LogP contribution in [0.2, 0.25) is 10.0 Å². The number of aliphatic imine (C=N–C) groups is 1. The first-order valence-corrected chi connectivity index (χ1v) is 8.16. The summed E-state index contributed by atoms with van der Waals surface area (Å²) in [5.74, 6) is -0.980. The minimum absolute atomic E-state index is 0.0696. The second-order valence-corrected chi connectivity index (χ2v) is 6.24. The van der Waals surface area contributed by atoms with Gasteiger partial charge in [0.25, 0.3) is 5.91 Å². The molecule has 2 aliphatic heterocycles. The van der Waals surface area contributed by atoms with Crippen LogP contribution in [0.4, 0.5) is 0 Å². The Bertz CT molecular complexity index is 834. The normalized spacial score (nSPS) is 20.5. The molecule has 1 saturated heterocycles. The standard InChI is InChI=1S/C15H13Cl2N5O3/c16-9-2-1-8(5-10(9)17)6-18-15-19-11-7-22(4-3-12(23)24)21-13(11)14(25)20-15/h1-2,5,7,11H,3-4,6H2,(H2-,18,19,20,23,24,25)/p+1. The number of fused-ring (bicyclic) bond motifs is 1. The van der Waals surface area contributed by atoms with E-state index in [2.05, 4.69) is 20.7 Å². The van der Waals surface area contributed by atoms with E-state index in [1.165, 1.54) is 4.68 Å². The Hall–Kier alpha value is -2.45. The van der Waals surface area contributed by atoms with Crippen molar-refractivity contribution in [2.75, 3.05) is 6.54 Å². The van der Waals surface area contributed by atoms with Gasteiger partial charge in [-0.25, -0.2) is 4.99 Å². The van der Waals surface area contributed by atoms with Crippen molar-refractivity contribution in [1.82, 2.24) is 10.6 Å². The summed E-state index contributed by atoms with van der Waals surface area (Å²) in [7, 11) is 0. The third-order valence-corrected chi connectivity index (χ3v) is 4.31. The summed E-state index contributed by atoms with van der Waals surface area (Å²) < 4.78 is 1.45. The maximum atomic E-state index is 12.1. The second kappa shape index (κ2) is 7.20. The number of aliphatic carboxylic acids is 1. The molecule has 3 rings (SSSR count). The molecule has 1 amide bonds. The van der Waals surface area contributed by atoms with Crippen molar-refractivity contribution >= 4 is 53.0 Å². The number of carboxylic acids is 1. The maximum absolute atomic E-state index is 12.1. The topological polar surface area (TPSA) is 106 Å². The van der Waals surface area contributed by atoms with Gasteiger partial charge in [-0.2, -0.15) is 0 Å². The number of benzene rings is 1. The Kier molecular flexibility index (Phi) is 5.00. The number of hydrogen-bond acceptors (Lipinski definition) is 4. The Morgan fingerprint density at radius 2 is 2.16 bits per heavy atom. The fourth-order valence-corrected chi connectivity index (χ4v) is 2.67. The van der Waals surface area contributed by atoms with Crippen molar-refractivity contribution in [1.29, 1.82) is 0 Å². The molecule has 130 valence electrons. The molecule has 2 aliphatic rings. The number of amides is 1. The van der Waals surface area contributed by atoms with E-state index in [1.807, 2.05) is 0 Å². The molecule has 10 heteroatoms. The number of hydrazone groups is 1. The van der Waals surface area contributed by atoms with Gasteiger partial charge in [-0.3, -0.25) is 14.9 Å². The summed E-state index contributed by atoms with van der Waals surface area (Å²) in [6.45, 7) is 0.501. The van der Waals surface area contributed by atoms with Crippen molar-refractivity contribution < 1.29 is 19.4 Å². The van der Waals surface area contributed by atoms with Crippen molar-refractivity contribution in [2.45, 2.75) is 19.0 Å². The number of guanidine groups is 1. The minimum atomic E-state index is -0.926. The van der Waals surface area contributed by atoms with Gasteiger partial charge in [-0.1, -0.05) is 34.0 Å². The van der Waals surface area contributed by atoms with Crippen LogP contribution in [-0.2, 0) is 16.1 Å². The highest BCUT2D eigenvalue weighted by Gasteiger charge is 2.38. The zero-order chi connectivity index (χ0) is 18.0. The highest BCUT2D eigenvalue weighted by atomic mass is 35.5. The van der Waals surface area contributed by atoms with Crippen LogP contribution in [0.3, 0.4) is 0 Å². The van der Waals surface area contributed by atoms with Gasteiger partial charge in [-0.15, -0.1) is 0 Å². The van der Waals surface area contributed by atoms with Crippen LogP contribution in [0.1, 0.15) is 12.0 Å². The number of carboxylic acid groups (broad SMARTS) is 1. The minimum Gasteiger partial charge on any atom is -0.481 e. The maximum Gasteiger partial charge on any atom is 0.309 e. The molecule has 1 unspecified atom stereocenters. The van der Waals surface area contributed by atoms with Gasteiger partial charge in [0.2, 0.25) is 11.9 Å². The molecule has 8 nitrogen and oxygen atoms in total. The molecule has 1 aromatic carbocycles. The smallest absolute Gasteiger partial charge is 0.309 e. The van der Waals surface area contributed by atoms with Gasteiger partial charge in [0.15, 0.2) is 18.5 Å². The molecule has 0 aliphatic carbocycles. The van der Waals surface area contributed by atoms with E-state index in [9.17, 15) is 9.59 Å². The van der Waals surface area contributed by atoms with E-state index in [0.717, 1.165) is 5.56 Å². The highest BCUT2D eigenvalue weighted by molar-refractivity contribution is 6.48. The van der Waals surface area contributed by atoms with Gasteiger partial charge in [0, 0.05) is 5.10 Å². The third-order valence-electron chi connectivity index (χ3n) is 3.57. The number of nitrogens with zero attached hydrogens (tertiary/aromatic N) is 3. The molecule has 1 fully saturated rings. The lowest BCUT2D eigenvalue weighted by atomic mass is 10.1. The Morgan fingerprint density at radius 1 is 1.36 bits per heavy atom. The predicted octanol–water partition coefficient (Wildman–Crippen LogP) is 0.865. The highest BCUT2D eigenvalue weighted by Crippen LogP contribution is 2.22. The molecule has 0 saturated carbocycles. The largest absolute Gasteiger partial charge is 0.481 e. The zero-order valence-electron chi connectivity index (χ0n) is 12.9. The summed E-state index contributed by atoms with van der Waals surface area (Å²) >= 11 is 11.8. The van der Waals surface area contributed by atoms with Gasteiger partial charge < -0.3 is 10.4 Å². The van der Waals surface area contributed by atoms with Crippen LogP contribution >= 0.6 is 23.2 Å². The summed E-state index contributed by atoms with van der Waals surface area (Å²) in [5, 5.41) is 19.4. The fraction of sp³-hybridized carbons (Fsp3) is 0.267. The second-order valence-electron chi connectivity index (χ2n) is 5.43. The molecule has 0 spiro atoms. The summed E-state index contributed by atoms with van der Waals surface area (Å²) in [5.41, 5.74) is 1.12. The van der Waals surface area contributed by atoms with Crippen LogP contribution in [0.15, 0.2) is 28.3 Å². The van der Waals surface area contributed by atoms with E-state index < -0.39 is 12.0 Å². The molecule has 3 N–H and O–H groups in total. The first-order valence-electron chi connectivity index (χ1n) is 7.40. The van der Waals surface area contributed by atoms with E-state index in [4.69, 9.17) is 28.3 Å². The molecule has 0 radical (unpaired) electrons. The Labute approximate surface area is 152 Å². The Balaban J connectivity index is 1.68. The van der Waals surface area contributed by atoms with E-state index in [1.54, 1.807) is 24.4 Å². The van der Waals surface area contributed by atoms with Crippen molar-refractivity contribution in [2.24, 2.45) is 10.1 Å². The van der Waals surface area contributed by atoms with E-state index in [0.29, 0.717) is 22.5 Å². The number of rotatable bonds is 5. The lowest BCUT2D eigenvalue weighted by Crippen LogP contribution is -2.59. The molecule has 1 aromatic rings. The lowest BCUT2D eigenvalue weighted by Gasteiger charge is -2.19. The van der Waals surface area contributed by atoms with Gasteiger partial charge in [0.1, 0.15) is 6.42 Å². The SMILES string of the molecule is O=C(O)CC[N+]1=CC2NC(=NCc3ccc(Cl)c(Cl)c3)NC(=O)C2=N1. The quantitative estimate of drug-likeness (QED) is 0.656. The molecule has 0 bridgehead atoms. The third kappa shape index (κ3) is 4.15. The number of halogens is 2. The summed E-state index contributed by atoms with van der Waals surface area (Å²) in [6.07, 6.45) is 1.59. The monoisotopic (exact) mass is 382 g/mol. The van der Waals surface area contributed by atoms with E-state index >= 15 is 0 Å². The zero-order valence-corrected chi connectivity index (χ0v) is 14.4. The molecule has 0 aromatic heterocycles. The van der Waals surface area contributed by atoms with Crippen LogP contribution in [0.25, 0.3) is 0 Å². The molecular weight excluding hydrogens is 369 g/mol. The van der Waals surface area contributed by atoms with E-state index in [-0.39, 0.29) is 24.6 Å². The first kappa shape index (κ1) is 17.4. The van der Waals surface area contributed by atoms with Crippen LogP contribution in [0.5, 0.6) is 0 Å². The number of nitrogens with one attached hydrogen (secondary N) is 2. The fourth-order valence-electron chi connectivity index (χ4n) is 2.35. The number of carbonyl (C=O) groups excluding carboxylic acids is 1. The number of hydrogen-bond donors (Lipinski definition) is 3. The molecular formula is C15H14Cl2N5O3+. The predicted molar refractivity (Wildman–Crippen MR) is 93.5 cm³/mol. The van der Waals surface area contributed by atoms with Crippen molar-refractivity contribution in [3.8, 4) is 0 Å². The summed E-state index contributed by atoms with van der Waals surface area (Å²) in [6, 6.07) is 4.75. The average Bonchev–Trinajstić information content (AvgIpc) is 2.98. The van der Waals surface area contributed by atoms with Crippen molar-refractivity contribution in [3.63, 3.8) is 0 Å². The van der Waals surface area contributed by atoms with Crippen LogP contribution < -0.4 is 10.6 Å².